The van der Waals surface area contributed by atoms with Crippen molar-refractivity contribution in [3.63, 3.8) is 0 Å². The van der Waals surface area contributed by atoms with E-state index in [-0.39, 0.29) is 5.91 Å². The summed E-state index contributed by atoms with van der Waals surface area (Å²) >= 11 is 0. The van der Waals surface area contributed by atoms with Gasteiger partial charge in [0.15, 0.2) is 0 Å². The molecule has 1 saturated heterocycles. The van der Waals surface area contributed by atoms with Crippen LogP contribution >= 0.6 is 0 Å². The molecular formula is C23H35NO3. The van der Waals surface area contributed by atoms with Crippen LogP contribution in [0.25, 0.3) is 0 Å². The monoisotopic (exact) mass is 373 g/mol. The Labute approximate surface area is 164 Å². The van der Waals surface area contributed by atoms with E-state index >= 15 is 0 Å². The number of rotatable bonds is 14. The Kier molecular flexibility index (Phi) is 13.7. The maximum absolute atomic E-state index is 11.8. The second-order valence-corrected chi connectivity index (χ2v) is 6.64. The Morgan fingerprint density at radius 1 is 0.889 bits per heavy atom. The summed E-state index contributed by atoms with van der Waals surface area (Å²) in [5.74, 6) is -0.131. The third-order valence-corrected chi connectivity index (χ3v) is 4.28. The van der Waals surface area contributed by atoms with Crippen LogP contribution in [0.2, 0.25) is 0 Å². The van der Waals surface area contributed by atoms with Gasteiger partial charge in [-0.1, -0.05) is 68.4 Å². The van der Waals surface area contributed by atoms with E-state index in [9.17, 15) is 9.59 Å². The summed E-state index contributed by atoms with van der Waals surface area (Å²) in [6.45, 7) is 2.94. The molecule has 0 aliphatic carbocycles. The van der Waals surface area contributed by atoms with E-state index in [1.807, 2.05) is 0 Å². The fraction of sp³-hybridized carbons (Fsp3) is 0.565. The highest BCUT2D eigenvalue weighted by atomic mass is 16.6. The van der Waals surface area contributed by atoms with Crippen LogP contribution in [0.15, 0.2) is 48.6 Å². The molecule has 0 aromatic rings. The fourth-order valence-corrected chi connectivity index (χ4v) is 2.69. The van der Waals surface area contributed by atoms with Gasteiger partial charge in [-0.25, -0.2) is 9.69 Å². The molecular weight excluding hydrogens is 338 g/mol. The number of hydrogen-bond acceptors (Lipinski definition) is 3. The highest BCUT2D eigenvalue weighted by molar-refractivity contribution is 5.92. The number of nitrogens with zero attached hydrogens (tertiary/aromatic N) is 1. The first kappa shape index (κ1) is 22.9. The molecule has 0 spiro atoms. The Balaban J connectivity index is 1.95. The van der Waals surface area contributed by atoms with Crippen LogP contribution in [0.5, 0.6) is 0 Å². The van der Waals surface area contributed by atoms with E-state index in [0.29, 0.717) is 19.6 Å². The summed E-state index contributed by atoms with van der Waals surface area (Å²) in [4.78, 5) is 24.2. The van der Waals surface area contributed by atoms with Crippen LogP contribution in [-0.2, 0) is 9.53 Å². The van der Waals surface area contributed by atoms with Crippen molar-refractivity contribution in [3.05, 3.63) is 48.6 Å². The number of unbranched alkanes of at least 4 members (excludes halogenated alkanes) is 4. The molecule has 1 aliphatic rings. The predicted octanol–water partition coefficient (Wildman–Crippen LogP) is 6.11. The second kappa shape index (κ2) is 16.1. The first-order valence-corrected chi connectivity index (χ1v) is 10.3. The summed E-state index contributed by atoms with van der Waals surface area (Å²) in [6.07, 6.45) is 27.0. The van der Waals surface area contributed by atoms with Crippen molar-refractivity contribution in [3.8, 4) is 0 Å². The zero-order chi connectivity index (χ0) is 19.6. The third kappa shape index (κ3) is 12.0. The van der Waals surface area contributed by atoms with Crippen LogP contribution in [-0.4, -0.2) is 30.1 Å². The van der Waals surface area contributed by atoms with Gasteiger partial charge in [-0.3, -0.25) is 4.79 Å². The molecule has 2 amide bonds. The summed E-state index contributed by atoms with van der Waals surface area (Å²) < 4.78 is 4.76. The van der Waals surface area contributed by atoms with E-state index < -0.39 is 6.09 Å². The molecule has 4 heteroatoms. The SMILES string of the molecule is CCCCC/C=C\C/C=C\C/C=C\C/C=C\CCCC(=O)N1CCOC1=O. The van der Waals surface area contributed by atoms with E-state index in [1.165, 1.54) is 30.6 Å². The molecule has 27 heavy (non-hydrogen) atoms. The minimum Gasteiger partial charge on any atom is -0.447 e. The predicted molar refractivity (Wildman–Crippen MR) is 111 cm³/mol. The van der Waals surface area contributed by atoms with Crippen molar-refractivity contribution in [2.75, 3.05) is 13.2 Å². The first-order valence-electron chi connectivity index (χ1n) is 10.3. The first-order chi connectivity index (χ1) is 13.3. The zero-order valence-electron chi connectivity index (χ0n) is 16.8. The molecule has 0 unspecified atom stereocenters. The fourth-order valence-electron chi connectivity index (χ4n) is 2.69. The lowest BCUT2D eigenvalue weighted by molar-refractivity contribution is -0.127. The summed E-state index contributed by atoms with van der Waals surface area (Å²) in [5.41, 5.74) is 0. The number of carbonyl (C=O) groups excluding carboxylic acids is 2. The zero-order valence-corrected chi connectivity index (χ0v) is 16.8. The molecule has 0 saturated carbocycles. The molecule has 4 nitrogen and oxygen atoms in total. The molecule has 1 heterocycles. The van der Waals surface area contributed by atoms with Gasteiger partial charge in [0.05, 0.1) is 6.54 Å². The molecule has 1 fully saturated rings. The van der Waals surface area contributed by atoms with E-state index in [2.05, 4.69) is 55.5 Å². The Hall–Kier alpha value is -2.10. The van der Waals surface area contributed by atoms with Crippen molar-refractivity contribution in [1.82, 2.24) is 4.90 Å². The van der Waals surface area contributed by atoms with Gasteiger partial charge < -0.3 is 4.74 Å². The van der Waals surface area contributed by atoms with Gasteiger partial charge in [-0.2, -0.15) is 0 Å². The Morgan fingerprint density at radius 3 is 1.96 bits per heavy atom. The number of allylic oxidation sites excluding steroid dienone is 8. The van der Waals surface area contributed by atoms with Crippen LogP contribution < -0.4 is 0 Å². The normalized spacial score (nSPS) is 15.1. The quantitative estimate of drug-likeness (QED) is 0.272. The lowest BCUT2D eigenvalue weighted by atomic mass is 10.2. The van der Waals surface area contributed by atoms with E-state index in [1.54, 1.807) is 0 Å². The molecule has 0 aromatic carbocycles. The number of cyclic esters (lactones) is 1. The molecule has 1 aliphatic heterocycles. The van der Waals surface area contributed by atoms with Crippen LogP contribution in [0, 0.1) is 0 Å². The van der Waals surface area contributed by atoms with Crippen molar-refractivity contribution in [2.45, 2.75) is 71.1 Å². The second-order valence-electron chi connectivity index (χ2n) is 6.64. The number of ether oxygens (including phenoxy) is 1. The molecule has 0 atom stereocenters. The van der Waals surface area contributed by atoms with Crippen molar-refractivity contribution in [1.29, 1.82) is 0 Å². The Morgan fingerprint density at radius 2 is 1.44 bits per heavy atom. The topological polar surface area (TPSA) is 46.6 Å². The standard InChI is InChI=1S/C23H35NO3/c1-2-3-4-5-6-7-8-9-10-11-12-13-14-15-16-17-18-19-22(25)24-20-21-27-23(24)26/h6-7,9-10,12-13,15-16H,2-5,8,11,14,17-21H2,1H3/b7-6-,10-9-,13-12-,16-15-. The van der Waals surface area contributed by atoms with Crippen molar-refractivity contribution in [2.24, 2.45) is 0 Å². The maximum atomic E-state index is 11.8. The van der Waals surface area contributed by atoms with Gasteiger partial charge in [0, 0.05) is 6.42 Å². The van der Waals surface area contributed by atoms with Crippen LogP contribution in [0.3, 0.4) is 0 Å². The lowest BCUT2D eigenvalue weighted by Gasteiger charge is -2.09. The molecule has 150 valence electrons. The maximum Gasteiger partial charge on any atom is 0.416 e. The van der Waals surface area contributed by atoms with E-state index in [0.717, 1.165) is 32.1 Å². The smallest absolute Gasteiger partial charge is 0.416 e. The summed E-state index contributed by atoms with van der Waals surface area (Å²) in [7, 11) is 0. The molecule has 0 aromatic heterocycles. The minimum atomic E-state index is -0.502. The van der Waals surface area contributed by atoms with Crippen LogP contribution in [0.1, 0.15) is 71.1 Å². The average molecular weight is 374 g/mol. The number of carbonyl (C=O) groups is 2. The van der Waals surface area contributed by atoms with Gasteiger partial charge in [0.25, 0.3) is 0 Å². The molecule has 0 radical (unpaired) electrons. The van der Waals surface area contributed by atoms with Gasteiger partial charge >= 0.3 is 6.09 Å². The minimum absolute atomic E-state index is 0.131. The van der Waals surface area contributed by atoms with Gasteiger partial charge in [-0.05, 0) is 44.9 Å². The van der Waals surface area contributed by atoms with Crippen LogP contribution in [0.4, 0.5) is 4.79 Å². The highest BCUT2D eigenvalue weighted by Crippen LogP contribution is 2.08. The van der Waals surface area contributed by atoms with Crippen molar-refractivity contribution < 1.29 is 14.3 Å². The van der Waals surface area contributed by atoms with Gasteiger partial charge in [0.2, 0.25) is 5.91 Å². The average Bonchev–Trinajstić information content (AvgIpc) is 3.10. The molecule has 0 bridgehead atoms. The molecule has 0 N–H and O–H groups in total. The number of amides is 2. The van der Waals surface area contributed by atoms with Gasteiger partial charge in [-0.15, -0.1) is 0 Å². The summed E-state index contributed by atoms with van der Waals surface area (Å²) in [5, 5.41) is 0. The number of imide groups is 1. The third-order valence-electron chi connectivity index (χ3n) is 4.28. The lowest BCUT2D eigenvalue weighted by Crippen LogP contribution is -2.31. The summed E-state index contributed by atoms with van der Waals surface area (Å²) in [6, 6.07) is 0. The van der Waals surface area contributed by atoms with Gasteiger partial charge in [0.1, 0.15) is 6.61 Å². The Bertz CT molecular complexity index is 532. The van der Waals surface area contributed by atoms with E-state index in [4.69, 9.17) is 4.74 Å². The highest BCUT2D eigenvalue weighted by Gasteiger charge is 2.27. The van der Waals surface area contributed by atoms with Crippen molar-refractivity contribution >= 4 is 12.0 Å². The largest absolute Gasteiger partial charge is 0.447 e. The molecule has 1 rings (SSSR count). The number of hydrogen-bond donors (Lipinski definition) is 0.